The summed E-state index contributed by atoms with van der Waals surface area (Å²) in [7, 11) is 0. The maximum atomic E-state index is 13.1. The number of carbonyl (C=O) groups excluding carboxylic acids is 2. The number of β-amino-alcohol motifs (C(OH)–C–C–N with tert-alkyl or cyclic N) is 1. The summed E-state index contributed by atoms with van der Waals surface area (Å²) in [6.45, 7) is 6.22. The number of aromatic nitrogens is 2. The number of thiazole rings is 1. The molecule has 0 spiro atoms. The van der Waals surface area contributed by atoms with Crippen LogP contribution < -0.4 is 5.32 Å². The largest absolute Gasteiger partial charge is 0.392 e. The number of hydrogen-bond acceptors (Lipinski definition) is 8. The Balaban J connectivity index is 1.54. The van der Waals surface area contributed by atoms with E-state index in [0.29, 0.717) is 18.0 Å². The van der Waals surface area contributed by atoms with Gasteiger partial charge in [-0.15, -0.1) is 11.3 Å². The van der Waals surface area contributed by atoms with Crippen LogP contribution in [0.25, 0.3) is 10.4 Å². The van der Waals surface area contributed by atoms with Crippen LogP contribution in [0.1, 0.15) is 34.1 Å². The SMILES string of the molecule is Cc1cc(CC(=O)N(Cc2ccc(-c3sc(C)nc3C)cc2)C(=O)[C@@H]2C[C@@H](O)CN2)on1. The number of benzene rings is 1. The first-order valence-corrected chi connectivity index (χ1v) is 11.3. The number of aliphatic hydroxyl groups is 1. The lowest BCUT2D eigenvalue weighted by atomic mass is 10.1. The Bertz CT molecular complexity index is 1120. The molecule has 2 amide bonds. The van der Waals surface area contributed by atoms with Gasteiger partial charge >= 0.3 is 0 Å². The number of aryl methyl sites for hydroxylation is 3. The second kappa shape index (κ2) is 9.32. The Kier molecular flexibility index (Phi) is 6.50. The third kappa shape index (κ3) is 4.95. The van der Waals surface area contributed by atoms with Crippen LogP contribution in [0.3, 0.4) is 0 Å². The molecule has 1 fully saturated rings. The standard InChI is InChI=1S/C23H26N4O4S/c1-13-8-19(31-26-13)10-21(29)27(23(30)20-9-18(28)11-24-20)12-16-4-6-17(7-5-16)22-14(2)25-15(3)32-22/h4-8,18,20,24,28H,9-12H2,1-3H3/t18-,20+/m1/s1. The summed E-state index contributed by atoms with van der Waals surface area (Å²) < 4.78 is 5.17. The Morgan fingerprint density at radius 3 is 2.56 bits per heavy atom. The summed E-state index contributed by atoms with van der Waals surface area (Å²) in [6, 6.07) is 8.92. The quantitative estimate of drug-likeness (QED) is 0.589. The molecule has 2 atom stereocenters. The van der Waals surface area contributed by atoms with Crippen molar-refractivity contribution in [3.05, 3.63) is 58.1 Å². The van der Waals surface area contributed by atoms with E-state index in [0.717, 1.165) is 26.7 Å². The van der Waals surface area contributed by atoms with E-state index in [1.165, 1.54) is 4.90 Å². The van der Waals surface area contributed by atoms with Gasteiger partial charge < -0.3 is 14.9 Å². The fraction of sp³-hybridized carbons (Fsp3) is 0.391. The number of rotatable bonds is 6. The molecule has 3 heterocycles. The second-order valence-electron chi connectivity index (χ2n) is 8.12. The molecule has 8 nitrogen and oxygen atoms in total. The number of amides is 2. The highest BCUT2D eigenvalue weighted by Gasteiger charge is 2.34. The van der Waals surface area contributed by atoms with Gasteiger partial charge in [-0.1, -0.05) is 29.4 Å². The Morgan fingerprint density at radius 1 is 1.25 bits per heavy atom. The topological polar surface area (TPSA) is 109 Å². The zero-order chi connectivity index (χ0) is 22.8. The number of carbonyl (C=O) groups is 2. The van der Waals surface area contributed by atoms with Crippen LogP contribution in [-0.4, -0.2) is 50.7 Å². The zero-order valence-electron chi connectivity index (χ0n) is 18.3. The van der Waals surface area contributed by atoms with Crippen molar-refractivity contribution in [3.63, 3.8) is 0 Å². The molecule has 4 rings (SSSR count). The number of nitrogens with one attached hydrogen (secondary N) is 1. The van der Waals surface area contributed by atoms with E-state index in [9.17, 15) is 14.7 Å². The van der Waals surface area contributed by atoms with Crippen LogP contribution in [0, 0.1) is 20.8 Å². The van der Waals surface area contributed by atoms with Crippen LogP contribution in [0.4, 0.5) is 0 Å². The highest BCUT2D eigenvalue weighted by molar-refractivity contribution is 7.15. The smallest absolute Gasteiger partial charge is 0.246 e. The van der Waals surface area contributed by atoms with Crippen molar-refractivity contribution in [1.82, 2.24) is 20.4 Å². The van der Waals surface area contributed by atoms with Gasteiger partial charge in [0, 0.05) is 12.6 Å². The average Bonchev–Trinajstić information content (AvgIpc) is 3.46. The summed E-state index contributed by atoms with van der Waals surface area (Å²) >= 11 is 1.64. The van der Waals surface area contributed by atoms with Crippen LogP contribution in [-0.2, 0) is 22.6 Å². The van der Waals surface area contributed by atoms with Gasteiger partial charge in [0.2, 0.25) is 11.8 Å². The van der Waals surface area contributed by atoms with E-state index in [4.69, 9.17) is 4.52 Å². The summed E-state index contributed by atoms with van der Waals surface area (Å²) in [6.07, 6.45) is -0.366. The fourth-order valence-electron chi connectivity index (χ4n) is 3.87. The molecular weight excluding hydrogens is 428 g/mol. The lowest BCUT2D eigenvalue weighted by molar-refractivity contribution is -0.146. The molecule has 168 valence electrons. The Hall–Kier alpha value is -2.88. The van der Waals surface area contributed by atoms with Gasteiger partial charge in [0.05, 0.1) is 46.4 Å². The predicted octanol–water partition coefficient (Wildman–Crippen LogP) is 2.54. The van der Waals surface area contributed by atoms with Gasteiger partial charge in [0.25, 0.3) is 0 Å². The molecule has 0 unspecified atom stereocenters. The first kappa shape index (κ1) is 22.3. The molecule has 1 aliphatic heterocycles. The van der Waals surface area contributed by atoms with Crippen LogP contribution in [0.15, 0.2) is 34.9 Å². The van der Waals surface area contributed by atoms with E-state index in [1.54, 1.807) is 24.3 Å². The third-order valence-corrected chi connectivity index (χ3v) is 6.56. The highest BCUT2D eigenvalue weighted by Crippen LogP contribution is 2.30. The van der Waals surface area contributed by atoms with Crippen molar-refractivity contribution in [3.8, 4) is 10.4 Å². The van der Waals surface area contributed by atoms with E-state index in [2.05, 4.69) is 15.5 Å². The first-order chi connectivity index (χ1) is 15.3. The van der Waals surface area contributed by atoms with Gasteiger partial charge in [0.1, 0.15) is 5.76 Å². The van der Waals surface area contributed by atoms with Crippen molar-refractivity contribution in [1.29, 1.82) is 0 Å². The van der Waals surface area contributed by atoms with Crippen molar-refractivity contribution in [2.75, 3.05) is 6.54 Å². The molecule has 1 saturated heterocycles. The predicted molar refractivity (Wildman–Crippen MR) is 120 cm³/mol. The van der Waals surface area contributed by atoms with Crippen molar-refractivity contribution in [2.45, 2.75) is 52.3 Å². The Morgan fingerprint density at radius 2 is 2.00 bits per heavy atom. The van der Waals surface area contributed by atoms with Gasteiger partial charge in [-0.3, -0.25) is 14.5 Å². The van der Waals surface area contributed by atoms with Crippen molar-refractivity contribution in [2.24, 2.45) is 0 Å². The van der Waals surface area contributed by atoms with E-state index >= 15 is 0 Å². The van der Waals surface area contributed by atoms with E-state index < -0.39 is 12.1 Å². The summed E-state index contributed by atoms with van der Waals surface area (Å²) in [4.78, 5) is 33.0. The van der Waals surface area contributed by atoms with Gasteiger partial charge in [-0.25, -0.2) is 4.98 Å². The monoisotopic (exact) mass is 454 g/mol. The molecule has 0 bridgehead atoms. The molecular formula is C23H26N4O4S. The normalized spacial score (nSPS) is 18.1. The van der Waals surface area contributed by atoms with Crippen molar-refractivity contribution < 1.29 is 19.2 Å². The fourth-order valence-corrected chi connectivity index (χ4v) is 4.79. The van der Waals surface area contributed by atoms with Crippen LogP contribution >= 0.6 is 11.3 Å². The lowest BCUT2D eigenvalue weighted by Gasteiger charge is -2.24. The number of nitrogens with zero attached hydrogens (tertiary/aromatic N) is 3. The van der Waals surface area contributed by atoms with Crippen molar-refractivity contribution >= 4 is 23.2 Å². The molecule has 1 aromatic carbocycles. The first-order valence-electron chi connectivity index (χ1n) is 10.5. The second-order valence-corrected chi connectivity index (χ2v) is 9.33. The third-order valence-electron chi connectivity index (χ3n) is 5.44. The number of imide groups is 1. The van der Waals surface area contributed by atoms with Gasteiger partial charge in [0.15, 0.2) is 0 Å². The van der Waals surface area contributed by atoms with E-state index in [1.807, 2.05) is 38.1 Å². The summed E-state index contributed by atoms with van der Waals surface area (Å²) in [5.74, 6) is -0.302. The molecule has 1 aliphatic rings. The molecule has 0 saturated carbocycles. The molecule has 3 aromatic rings. The minimum Gasteiger partial charge on any atom is -0.392 e. The van der Waals surface area contributed by atoms with E-state index in [-0.39, 0.29) is 31.2 Å². The number of aliphatic hydroxyl groups excluding tert-OH is 1. The molecule has 32 heavy (non-hydrogen) atoms. The highest BCUT2D eigenvalue weighted by atomic mass is 32.1. The maximum absolute atomic E-state index is 13.1. The molecule has 0 aliphatic carbocycles. The summed E-state index contributed by atoms with van der Waals surface area (Å²) in [5, 5.41) is 17.6. The Labute approximate surface area is 190 Å². The molecule has 0 radical (unpaired) electrons. The minimum atomic E-state index is -0.594. The molecule has 2 N–H and O–H groups in total. The van der Waals surface area contributed by atoms with Gasteiger partial charge in [-0.05, 0) is 38.3 Å². The maximum Gasteiger partial charge on any atom is 0.246 e. The lowest BCUT2D eigenvalue weighted by Crippen LogP contribution is -2.46. The zero-order valence-corrected chi connectivity index (χ0v) is 19.1. The van der Waals surface area contributed by atoms with Gasteiger partial charge in [-0.2, -0.15) is 0 Å². The minimum absolute atomic E-state index is 0.0563. The average molecular weight is 455 g/mol. The molecule has 2 aromatic heterocycles. The molecule has 9 heteroatoms. The van der Waals surface area contributed by atoms with Crippen LogP contribution in [0.2, 0.25) is 0 Å². The summed E-state index contributed by atoms with van der Waals surface area (Å²) in [5.41, 5.74) is 3.55. The number of hydrogen-bond donors (Lipinski definition) is 2. The van der Waals surface area contributed by atoms with Crippen LogP contribution in [0.5, 0.6) is 0 Å².